The fourth-order valence-electron chi connectivity index (χ4n) is 5.23. The molecule has 1 heterocycles. The van der Waals surface area contributed by atoms with Gasteiger partial charge in [-0.3, -0.25) is 10.1 Å². The number of nitro groups is 1. The maximum atomic E-state index is 12.1. The molecule has 11 heteroatoms. The minimum atomic E-state index is -1.11. The van der Waals surface area contributed by atoms with Crippen molar-refractivity contribution in [2.24, 2.45) is 5.92 Å². The molecule has 208 valence electrons. The summed E-state index contributed by atoms with van der Waals surface area (Å²) in [6.45, 7) is 0.186. The van der Waals surface area contributed by atoms with Gasteiger partial charge in [0.15, 0.2) is 11.5 Å². The van der Waals surface area contributed by atoms with Crippen LogP contribution in [0.4, 0.5) is 22.0 Å². The summed E-state index contributed by atoms with van der Waals surface area (Å²) < 4.78 is 10.5. The number of rotatable bonds is 10. The molecule has 11 nitrogen and oxygen atoms in total. The SMILES string of the molecule is COc1cc(CN(CC2CCC(Nc3cc(N(C)C)c4ccccc4n3)CC2)C(=O)O)c([N+](=O)[O-])cc1OC. The predicted octanol–water partition coefficient (Wildman–Crippen LogP) is 5.38. The topological polar surface area (TPSA) is 130 Å². The van der Waals surface area contributed by atoms with Crippen LogP contribution >= 0.6 is 0 Å². The molecular formula is C28H35N5O6. The minimum absolute atomic E-state index is 0.113. The van der Waals surface area contributed by atoms with Gasteiger partial charge in [0.2, 0.25) is 0 Å². The van der Waals surface area contributed by atoms with Crippen LogP contribution in [0, 0.1) is 16.0 Å². The van der Waals surface area contributed by atoms with Crippen molar-refractivity contribution < 1.29 is 24.3 Å². The van der Waals surface area contributed by atoms with Crippen LogP contribution in [0.3, 0.4) is 0 Å². The van der Waals surface area contributed by atoms with Gasteiger partial charge in [0.1, 0.15) is 5.82 Å². The molecule has 2 aromatic carbocycles. The molecule has 1 saturated carbocycles. The number of hydrogen-bond acceptors (Lipinski definition) is 8. The van der Waals surface area contributed by atoms with Crippen LogP contribution in [0.5, 0.6) is 11.5 Å². The second-order valence-corrected chi connectivity index (χ2v) is 10.1. The average Bonchev–Trinajstić information content (AvgIpc) is 2.92. The van der Waals surface area contributed by atoms with Crippen molar-refractivity contribution in [2.75, 3.05) is 45.1 Å². The quantitative estimate of drug-likeness (QED) is 0.259. The lowest BCUT2D eigenvalue weighted by atomic mass is 9.85. The number of amides is 1. The number of para-hydroxylation sites is 1. The number of benzene rings is 2. The number of methoxy groups -OCH3 is 2. The number of ether oxygens (including phenoxy) is 2. The summed E-state index contributed by atoms with van der Waals surface area (Å²) in [6.07, 6.45) is 2.31. The average molecular weight is 538 g/mol. The van der Waals surface area contributed by atoms with Crippen LogP contribution < -0.4 is 19.7 Å². The summed E-state index contributed by atoms with van der Waals surface area (Å²) in [5.74, 6) is 1.52. The number of carbonyl (C=O) groups is 1. The van der Waals surface area contributed by atoms with E-state index in [-0.39, 0.29) is 35.5 Å². The number of carboxylic acid groups (broad SMARTS) is 1. The van der Waals surface area contributed by atoms with Crippen molar-refractivity contribution in [2.45, 2.75) is 38.3 Å². The third-order valence-corrected chi connectivity index (χ3v) is 7.27. The number of hydrogen-bond donors (Lipinski definition) is 2. The minimum Gasteiger partial charge on any atom is -0.493 e. The molecule has 1 aromatic heterocycles. The van der Waals surface area contributed by atoms with Gasteiger partial charge >= 0.3 is 6.09 Å². The fourth-order valence-corrected chi connectivity index (χ4v) is 5.23. The summed E-state index contributed by atoms with van der Waals surface area (Å²) in [5.41, 5.74) is 2.08. The van der Waals surface area contributed by atoms with Gasteiger partial charge in [0, 0.05) is 43.8 Å². The van der Waals surface area contributed by atoms with E-state index < -0.39 is 11.0 Å². The first kappa shape index (κ1) is 27.7. The number of aromatic nitrogens is 1. The molecule has 3 aromatic rings. The van der Waals surface area contributed by atoms with Crippen LogP contribution in [0.25, 0.3) is 10.9 Å². The Hall–Kier alpha value is -4.28. The first-order valence-corrected chi connectivity index (χ1v) is 12.9. The number of nitrogens with zero attached hydrogens (tertiary/aromatic N) is 4. The second kappa shape index (κ2) is 12.1. The Kier molecular flexibility index (Phi) is 8.58. The highest BCUT2D eigenvalue weighted by atomic mass is 16.6. The Morgan fingerprint density at radius 3 is 2.38 bits per heavy atom. The first-order chi connectivity index (χ1) is 18.7. The van der Waals surface area contributed by atoms with Crippen LogP contribution in [0.2, 0.25) is 0 Å². The van der Waals surface area contributed by atoms with E-state index >= 15 is 0 Å². The van der Waals surface area contributed by atoms with Gasteiger partial charge in [-0.2, -0.15) is 0 Å². The molecule has 0 bridgehead atoms. The Labute approximate surface area is 227 Å². The van der Waals surface area contributed by atoms with Crippen molar-refractivity contribution in [3.05, 3.63) is 58.1 Å². The van der Waals surface area contributed by atoms with E-state index in [9.17, 15) is 20.0 Å². The maximum absolute atomic E-state index is 12.1. The monoisotopic (exact) mass is 537 g/mol. The van der Waals surface area contributed by atoms with E-state index in [0.29, 0.717) is 12.3 Å². The maximum Gasteiger partial charge on any atom is 0.407 e. The van der Waals surface area contributed by atoms with Crippen molar-refractivity contribution in [3.63, 3.8) is 0 Å². The highest BCUT2D eigenvalue weighted by Gasteiger charge is 2.28. The summed E-state index contributed by atoms with van der Waals surface area (Å²) in [5, 5.41) is 26.3. The van der Waals surface area contributed by atoms with Gasteiger partial charge in [-0.05, 0) is 43.7 Å². The normalized spacial score (nSPS) is 16.9. The van der Waals surface area contributed by atoms with E-state index in [1.165, 1.54) is 31.3 Å². The highest BCUT2D eigenvalue weighted by molar-refractivity contribution is 5.93. The standard InChI is InChI=1S/C28H35N5O6/c1-31(2)24-15-27(30-22-8-6-5-7-21(22)24)29-20-11-9-18(10-12-20)16-32(28(34)35)17-19-13-25(38-3)26(39-4)14-23(19)33(36)37/h5-8,13-15,18,20H,9-12,16-17H2,1-4H3,(H,29,30)(H,34,35). The molecule has 1 fully saturated rings. The molecule has 0 aliphatic heterocycles. The Morgan fingerprint density at radius 1 is 1.10 bits per heavy atom. The van der Waals surface area contributed by atoms with E-state index in [2.05, 4.69) is 22.3 Å². The van der Waals surface area contributed by atoms with Crippen molar-refractivity contribution in [1.29, 1.82) is 0 Å². The lowest BCUT2D eigenvalue weighted by Gasteiger charge is -2.32. The van der Waals surface area contributed by atoms with Gasteiger partial charge in [-0.1, -0.05) is 18.2 Å². The van der Waals surface area contributed by atoms with Crippen LogP contribution in [0.15, 0.2) is 42.5 Å². The van der Waals surface area contributed by atoms with E-state index in [1.807, 2.05) is 32.3 Å². The molecule has 1 aliphatic rings. The van der Waals surface area contributed by atoms with E-state index in [4.69, 9.17) is 14.5 Å². The molecule has 0 saturated heterocycles. The zero-order valence-electron chi connectivity index (χ0n) is 22.7. The van der Waals surface area contributed by atoms with Gasteiger partial charge < -0.3 is 29.7 Å². The summed E-state index contributed by atoms with van der Waals surface area (Å²) in [7, 11) is 6.86. The smallest absolute Gasteiger partial charge is 0.407 e. The van der Waals surface area contributed by atoms with Crippen LogP contribution in [-0.4, -0.2) is 66.9 Å². The number of nitrogens with one attached hydrogen (secondary N) is 1. The molecule has 39 heavy (non-hydrogen) atoms. The van der Waals surface area contributed by atoms with Crippen molar-refractivity contribution in [3.8, 4) is 11.5 Å². The molecule has 4 rings (SSSR count). The summed E-state index contributed by atoms with van der Waals surface area (Å²) in [4.78, 5) is 31.4. The Balaban J connectivity index is 1.42. The van der Waals surface area contributed by atoms with Crippen molar-refractivity contribution in [1.82, 2.24) is 9.88 Å². The predicted molar refractivity (Wildman–Crippen MR) is 150 cm³/mol. The fraction of sp³-hybridized carbons (Fsp3) is 0.429. The van der Waals surface area contributed by atoms with Gasteiger partial charge in [0.05, 0.1) is 42.8 Å². The van der Waals surface area contributed by atoms with E-state index in [0.717, 1.165) is 48.1 Å². The summed E-state index contributed by atoms with van der Waals surface area (Å²) >= 11 is 0. The lowest BCUT2D eigenvalue weighted by molar-refractivity contribution is -0.385. The highest BCUT2D eigenvalue weighted by Crippen LogP contribution is 2.36. The number of pyridine rings is 1. The Bertz CT molecular complexity index is 1340. The molecule has 0 radical (unpaired) electrons. The third kappa shape index (κ3) is 6.42. The first-order valence-electron chi connectivity index (χ1n) is 12.9. The lowest BCUT2D eigenvalue weighted by Crippen LogP contribution is -2.37. The molecular weight excluding hydrogens is 502 g/mol. The molecule has 1 aliphatic carbocycles. The molecule has 2 N–H and O–H groups in total. The van der Waals surface area contributed by atoms with Gasteiger partial charge in [0.25, 0.3) is 5.69 Å². The largest absolute Gasteiger partial charge is 0.493 e. The Morgan fingerprint density at radius 2 is 1.77 bits per heavy atom. The van der Waals surface area contributed by atoms with Crippen molar-refractivity contribution >= 4 is 34.2 Å². The van der Waals surface area contributed by atoms with E-state index in [1.54, 1.807) is 0 Å². The summed E-state index contributed by atoms with van der Waals surface area (Å²) in [6, 6.07) is 13.1. The third-order valence-electron chi connectivity index (χ3n) is 7.27. The zero-order valence-corrected chi connectivity index (χ0v) is 22.7. The number of anilines is 2. The molecule has 0 spiro atoms. The molecule has 1 amide bonds. The van der Waals surface area contributed by atoms with Gasteiger partial charge in [-0.25, -0.2) is 9.78 Å². The molecule has 0 unspecified atom stereocenters. The number of nitro benzene ring substituents is 1. The van der Waals surface area contributed by atoms with Gasteiger partial charge in [-0.15, -0.1) is 0 Å². The second-order valence-electron chi connectivity index (χ2n) is 10.1. The van der Waals surface area contributed by atoms with Crippen LogP contribution in [0.1, 0.15) is 31.2 Å². The molecule has 0 atom stereocenters. The number of fused-ring (bicyclic) bond motifs is 1. The zero-order chi connectivity index (χ0) is 28.1. The van der Waals surface area contributed by atoms with Crippen LogP contribution in [-0.2, 0) is 6.54 Å².